The molecule has 5 heteroatoms. The number of rotatable bonds is 6. The summed E-state index contributed by atoms with van der Waals surface area (Å²) in [5, 5.41) is 3.03. The zero-order chi connectivity index (χ0) is 17.8. The topological polar surface area (TPSA) is 56.1 Å². The highest BCUT2D eigenvalue weighted by molar-refractivity contribution is 5.79. The van der Waals surface area contributed by atoms with Gasteiger partial charge in [0, 0.05) is 7.05 Å². The molecule has 0 spiro atoms. The predicted molar refractivity (Wildman–Crippen MR) is 98.6 cm³/mol. The normalized spacial score (nSPS) is 12.1. The highest BCUT2D eigenvalue weighted by atomic mass is 16.5. The SMILES string of the molecule is CCOc1ccc(CC(=O)N[C@H](C)c2nc3ccccc3n2C)cc1. The minimum absolute atomic E-state index is 0.0243. The zero-order valence-electron chi connectivity index (χ0n) is 14.8. The van der Waals surface area contributed by atoms with Crippen LogP contribution in [0.5, 0.6) is 5.75 Å². The molecule has 0 saturated carbocycles. The summed E-state index contributed by atoms with van der Waals surface area (Å²) in [4.78, 5) is 17.0. The quantitative estimate of drug-likeness (QED) is 0.750. The number of hydrogen-bond acceptors (Lipinski definition) is 3. The van der Waals surface area contributed by atoms with Crippen LogP contribution in [0.2, 0.25) is 0 Å². The maximum Gasteiger partial charge on any atom is 0.224 e. The molecule has 1 aromatic heterocycles. The number of nitrogens with one attached hydrogen (secondary N) is 1. The van der Waals surface area contributed by atoms with Crippen molar-refractivity contribution in [3.05, 3.63) is 59.9 Å². The smallest absolute Gasteiger partial charge is 0.224 e. The van der Waals surface area contributed by atoms with Crippen molar-refractivity contribution in [2.45, 2.75) is 26.3 Å². The second-order valence-corrected chi connectivity index (χ2v) is 6.06. The Kier molecular flexibility index (Phi) is 5.03. The van der Waals surface area contributed by atoms with Crippen LogP contribution in [-0.2, 0) is 18.3 Å². The van der Waals surface area contributed by atoms with Gasteiger partial charge in [0.2, 0.25) is 5.91 Å². The average molecular weight is 337 g/mol. The van der Waals surface area contributed by atoms with Crippen molar-refractivity contribution in [1.82, 2.24) is 14.9 Å². The lowest BCUT2D eigenvalue weighted by Gasteiger charge is -2.14. The highest BCUT2D eigenvalue weighted by Crippen LogP contribution is 2.19. The number of imidazole rings is 1. The monoisotopic (exact) mass is 337 g/mol. The van der Waals surface area contributed by atoms with Gasteiger partial charge in [0.1, 0.15) is 11.6 Å². The van der Waals surface area contributed by atoms with E-state index in [2.05, 4.69) is 10.3 Å². The van der Waals surface area contributed by atoms with Crippen molar-refractivity contribution in [2.75, 3.05) is 6.61 Å². The van der Waals surface area contributed by atoms with Gasteiger partial charge in [0.15, 0.2) is 0 Å². The number of benzene rings is 2. The second kappa shape index (κ2) is 7.38. The molecule has 0 aliphatic rings. The number of carbonyl (C=O) groups is 1. The molecule has 130 valence electrons. The summed E-state index contributed by atoms with van der Waals surface area (Å²) in [6.45, 7) is 4.54. The molecular weight excluding hydrogens is 314 g/mol. The lowest BCUT2D eigenvalue weighted by atomic mass is 10.1. The Balaban J connectivity index is 1.66. The van der Waals surface area contributed by atoms with Crippen LogP contribution in [0.25, 0.3) is 11.0 Å². The fraction of sp³-hybridized carbons (Fsp3) is 0.300. The number of ether oxygens (including phenoxy) is 1. The second-order valence-electron chi connectivity index (χ2n) is 6.06. The van der Waals surface area contributed by atoms with Gasteiger partial charge in [-0.3, -0.25) is 4.79 Å². The van der Waals surface area contributed by atoms with Gasteiger partial charge in [0.25, 0.3) is 0 Å². The van der Waals surface area contributed by atoms with E-state index in [4.69, 9.17) is 4.74 Å². The van der Waals surface area contributed by atoms with E-state index < -0.39 is 0 Å². The van der Waals surface area contributed by atoms with Gasteiger partial charge >= 0.3 is 0 Å². The van der Waals surface area contributed by atoms with Crippen molar-refractivity contribution in [3.8, 4) is 5.75 Å². The molecule has 25 heavy (non-hydrogen) atoms. The molecule has 1 heterocycles. The van der Waals surface area contributed by atoms with Crippen LogP contribution in [-0.4, -0.2) is 22.1 Å². The fourth-order valence-electron chi connectivity index (χ4n) is 2.96. The first-order chi connectivity index (χ1) is 12.1. The van der Waals surface area contributed by atoms with E-state index >= 15 is 0 Å². The maximum atomic E-state index is 12.4. The minimum Gasteiger partial charge on any atom is -0.494 e. The van der Waals surface area contributed by atoms with Crippen LogP contribution in [0.1, 0.15) is 31.3 Å². The molecule has 0 saturated heterocycles. The van der Waals surface area contributed by atoms with Gasteiger partial charge in [0.05, 0.1) is 30.1 Å². The summed E-state index contributed by atoms with van der Waals surface area (Å²) >= 11 is 0. The standard InChI is InChI=1S/C20H23N3O2/c1-4-25-16-11-9-15(10-12-16)13-19(24)21-14(2)20-22-17-7-5-6-8-18(17)23(20)3/h5-12,14H,4,13H2,1-3H3,(H,21,24)/t14-/m1/s1. The van der Waals surface area contributed by atoms with Gasteiger partial charge in [-0.2, -0.15) is 0 Å². The number of carbonyl (C=O) groups excluding carboxylic acids is 1. The minimum atomic E-state index is -0.160. The summed E-state index contributed by atoms with van der Waals surface area (Å²) in [5.74, 6) is 1.64. The van der Waals surface area contributed by atoms with E-state index in [9.17, 15) is 4.79 Å². The lowest BCUT2D eigenvalue weighted by Crippen LogP contribution is -2.29. The third-order valence-electron chi connectivity index (χ3n) is 4.19. The number of para-hydroxylation sites is 2. The van der Waals surface area contributed by atoms with E-state index in [1.54, 1.807) is 0 Å². The van der Waals surface area contributed by atoms with Crippen molar-refractivity contribution in [1.29, 1.82) is 0 Å². The number of aryl methyl sites for hydroxylation is 1. The zero-order valence-corrected chi connectivity index (χ0v) is 14.8. The summed E-state index contributed by atoms with van der Waals surface area (Å²) < 4.78 is 7.44. The Morgan fingerprint density at radius 1 is 1.20 bits per heavy atom. The van der Waals surface area contributed by atoms with Crippen LogP contribution in [0.15, 0.2) is 48.5 Å². The van der Waals surface area contributed by atoms with Crippen molar-refractivity contribution in [2.24, 2.45) is 7.05 Å². The number of nitrogens with zero attached hydrogens (tertiary/aromatic N) is 2. The number of hydrogen-bond donors (Lipinski definition) is 1. The average Bonchev–Trinajstić information content (AvgIpc) is 2.94. The van der Waals surface area contributed by atoms with Crippen molar-refractivity contribution < 1.29 is 9.53 Å². The Morgan fingerprint density at radius 3 is 2.60 bits per heavy atom. The Morgan fingerprint density at radius 2 is 1.92 bits per heavy atom. The molecule has 1 N–H and O–H groups in total. The molecule has 0 aliphatic heterocycles. The molecule has 0 bridgehead atoms. The molecule has 1 amide bonds. The molecule has 0 radical (unpaired) electrons. The van der Waals surface area contributed by atoms with Crippen LogP contribution in [0.3, 0.4) is 0 Å². The first-order valence-corrected chi connectivity index (χ1v) is 8.51. The molecule has 3 rings (SSSR count). The van der Waals surface area contributed by atoms with Crippen LogP contribution in [0.4, 0.5) is 0 Å². The number of aromatic nitrogens is 2. The van der Waals surface area contributed by atoms with E-state index in [-0.39, 0.29) is 11.9 Å². The summed E-state index contributed by atoms with van der Waals surface area (Å²) in [6, 6.07) is 15.4. The molecule has 1 atom stereocenters. The molecule has 0 fully saturated rings. The van der Waals surface area contributed by atoms with Gasteiger partial charge < -0.3 is 14.6 Å². The summed E-state index contributed by atoms with van der Waals surface area (Å²) in [7, 11) is 1.97. The first kappa shape index (κ1) is 17.0. The van der Waals surface area contributed by atoms with Crippen LogP contribution >= 0.6 is 0 Å². The van der Waals surface area contributed by atoms with Crippen molar-refractivity contribution in [3.63, 3.8) is 0 Å². The van der Waals surface area contributed by atoms with Gasteiger partial charge in [-0.15, -0.1) is 0 Å². The van der Waals surface area contributed by atoms with E-state index in [0.717, 1.165) is 28.2 Å². The van der Waals surface area contributed by atoms with Crippen LogP contribution in [0, 0.1) is 0 Å². The Hall–Kier alpha value is -2.82. The summed E-state index contributed by atoms with van der Waals surface area (Å²) in [6.07, 6.45) is 0.334. The maximum absolute atomic E-state index is 12.4. The van der Waals surface area contributed by atoms with E-state index in [0.29, 0.717) is 13.0 Å². The third-order valence-corrected chi connectivity index (χ3v) is 4.19. The number of amides is 1. The molecular formula is C20H23N3O2. The molecule has 0 unspecified atom stereocenters. The largest absolute Gasteiger partial charge is 0.494 e. The highest BCUT2D eigenvalue weighted by Gasteiger charge is 2.16. The molecule has 2 aromatic carbocycles. The van der Waals surface area contributed by atoms with Gasteiger partial charge in [-0.05, 0) is 43.7 Å². The third kappa shape index (κ3) is 3.82. The molecule has 0 aliphatic carbocycles. The van der Waals surface area contributed by atoms with E-state index in [1.165, 1.54) is 0 Å². The first-order valence-electron chi connectivity index (χ1n) is 8.51. The Labute approximate surface area is 147 Å². The fourth-order valence-corrected chi connectivity index (χ4v) is 2.96. The van der Waals surface area contributed by atoms with Gasteiger partial charge in [-0.1, -0.05) is 24.3 Å². The number of fused-ring (bicyclic) bond motifs is 1. The predicted octanol–water partition coefficient (Wildman–Crippen LogP) is 3.39. The molecule has 3 aromatic rings. The van der Waals surface area contributed by atoms with Crippen molar-refractivity contribution >= 4 is 16.9 Å². The molecule has 5 nitrogen and oxygen atoms in total. The summed E-state index contributed by atoms with van der Waals surface area (Å²) in [5.41, 5.74) is 2.95. The van der Waals surface area contributed by atoms with Gasteiger partial charge in [-0.25, -0.2) is 4.98 Å². The lowest BCUT2D eigenvalue weighted by molar-refractivity contribution is -0.121. The van der Waals surface area contributed by atoms with Crippen LogP contribution < -0.4 is 10.1 Å². The Bertz CT molecular complexity index is 868. The van der Waals surface area contributed by atoms with E-state index in [1.807, 2.05) is 74.0 Å².